The van der Waals surface area contributed by atoms with Crippen LogP contribution in [0.4, 0.5) is 5.82 Å². The van der Waals surface area contributed by atoms with Gasteiger partial charge in [-0.3, -0.25) is 9.48 Å². The summed E-state index contributed by atoms with van der Waals surface area (Å²) in [5, 5.41) is 7.27. The Kier molecular flexibility index (Phi) is 4.21. The van der Waals surface area contributed by atoms with Crippen LogP contribution in [0.2, 0.25) is 0 Å². The van der Waals surface area contributed by atoms with E-state index in [-0.39, 0.29) is 23.5 Å². The normalized spacial score (nSPS) is 12.2. The van der Waals surface area contributed by atoms with Gasteiger partial charge in [-0.05, 0) is 32.8 Å². The van der Waals surface area contributed by atoms with Gasteiger partial charge in [-0.25, -0.2) is 9.97 Å². The molecule has 2 rings (SSSR count). The van der Waals surface area contributed by atoms with E-state index in [9.17, 15) is 4.79 Å². The molecule has 2 aromatic rings. The fourth-order valence-corrected chi connectivity index (χ4v) is 2.29. The minimum atomic E-state index is -0.313. The highest BCUT2D eigenvalue weighted by atomic mass is 16.2. The third kappa shape index (κ3) is 3.18. The third-order valence-corrected chi connectivity index (χ3v) is 3.49. The van der Waals surface area contributed by atoms with Gasteiger partial charge in [0.25, 0.3) is 5.91 Å². The second-order valence-corrected chi connectivity index (χ2v) is 5.14. The van der Waals surface area contributed by atoms with Crippen LogP contribution in [0.15, 0.2) is 12.4 Å². The Labute approximate surface area is 123 Å². The Morgan fingerprint density at radius 2 is 2.05 bits per heavy atom. The van der Waals surface area contributed by atoms with Crippen LogP contribution in [0.25, 0.3) is 0 Å². The van der Waals surface area contributed by atoms with Gasteiger partial charge in [-0.15, -0.1) is 0 Å². The third-order valence-electron chi connectivity index (χ3n) is 3.49. The maximum absolute atomic E-state index is 12.1. The number of nitrogens with two attached hydrogens (primary N) is 1. The molecule has 112 valence electrons. The molecule has 2 heterocycles. The number of aryl methyl sites for hydroxylation is 2. The van der Waals surface area contributed by atoms with Crippen molar-refractivity contribution in [2.45, 2.75) is 33.2 Å². The van der Waals surface area contributed by atoms with E-state index in [4.69, 9.17) is 5.73 Å². The van der Waals surface area contributed by atoms with Gasteiger partial charge in [-0.1, -0.05) is 0 Å². The molecule has 7 heteroatoms. The van der Waals surface area contributed by atoms with Crippen molar-refractivity contribution in [1.29, 1.82) is 0 Å². The summed E-state index contributed by atoms with van der Waals surface area (Å²) in [4.78, 5) is 20.0. The average molecular weight is 288 g/mol. The minimum absolute atomic E-state index is 0.0551. The van der Waals surface area contributed by atoms with Crippen LogP contribution in [0.5, 0.6) is 0 Å². The molecule has 0 saturated carbocycles. The molecule has 2 aromatic heterocycles. The standard InChI is InChI=1S/C14H20N6O/c1-8(7-11-9(2)19-20(4)10(11)3)18-14(21)12-13(15)17-6-5-16-12/h5-6,8H,7H2,1-4H3,(H2,15,17)(H,18,21). The number of carbonyl (C=O) groups excluding carboxylic acids is 1. The van der Waals surface area contributed by atoms with Crippen molar-refractivity contribution >= 4 is 11.7 Å². The van der Waals surface area contributed by atoms with E-state index >= 15 is 0 Å². The number of rotatable bonds is 4. The fourth-order valence-electron chi connectivity index (χ4n) is 2.29. The van der Waals surface area contributed by atoms with E-state index in [1.165, 1.54) is 12.4 Å². The molecular weight excluding hydrogens is 268 g/mol. The first-order chi connectivity index (χ1) is 9.90. The average Bonchev–Trinajstić information content (AvgIpc) is 2.65. The van der Waals surface area contributed by atoms with Crippen LogP contribution < -0.4 is 11.1 Å². The Hall–Kier alpha value is -2.44. The molecule has 21 heavy (non-hydrogen) atoms. The molecule has 1 amide bonds. The van der Waals surface area contributed by atoms with Crippen molar-refractivity contribution < 1.29 is 4.79 Å². The monoisotopic (exact) mass is 288 g/mol. The van der Waals surface area contributed by atoms with Crippen LogP contribution in [-0.4, -0.2) is 31.7 Å². The largest absolute Gasteiger partial charge is 0.382 e. The molecule has 3 N–H and O–H groups in total. The molecule has 0 saturated heterocycles. The van der Waals surface area contributed by atoms with Gasteiger partial charge in [0.2, 0.25) is 0 Å². The van der Waals surface area contributed by atoms with Crippen molar-refractivity contribution in [3.8, 4) is 0 Å². The highest BCUT2D eigenvalue weighted by Crippen LogP contribution is 2.14. The molecule has 0 aliphatic rings. The zero-order valence-electron chi connectivity index (χ0n) is 12.7. The van der Waals surface area contributed by atoms with Crippen LogP contribution in [0.1, 0.15) is 34.4 Å². The van der Waals surface area contributed by atoms with E-state index in [0.717, 1.165) is 17.0 Å². The van der Waals surface area contributed by atoms with Gasteiger partial charge in [0.1, 0.15) is 0 Å². The van der Waals surface area contributed by atoms with Gasteiger partial charge in [0, 0.05) is 31.2 Å². The topological polar surface area (TPSA) is 98.7 Å². The maximum atomic E-state index is 12.1. The summed E-state index contributed by atoms with van der Waals surface area (Å²) in [5.74, 6) is -0.178. The van der Waals surface area contributed by atoms with Gasteiger partial charge >= 0.3 is 0 Å². The molecule has 0 aromatic carbocycles. The number of nitrogens with one attached hydrogen (secondary N) is 1. The molecule has 1 unspecified atom stereocenters. The number of carbonyl (C=O) groups is 1. The predicted molar refractivity (Wildman–Crippen MR) is 79.8 cm³/mol. The molecular formula is C14H20N6O. The van der Waals surface area contributed by atoms with Crippen molar-refractivity contribution in [2.24, 2.45) is 7.05 Å². The zero-order valence-corrected chi connectivity index (χ0v) is 12.7. The molecule has 0 fully saturated rings. The number of amides is 1. The summed E-state index contributed by atoms with van der Waals surface area (Å²) in [7, 11) is 1.91. The lowest BCUT2D eigenvalue weighted by Crippen LogP contribution is -2.35. The molecule has 7 nitrogen and oxygen atoms in total. The molecule has 0 radical (unpaired) electrons. The summed E-state index contributed by atoms with van der Waals surface area (Å²) in [6, 6.07) is -0.0551. The Morgan fingerprint density at radius 1 is 1.38 bits per heavy atom. The highest BCUT2D eigenvalue weighted by molar-refractivity contribution is 5.96. The molecule has 0 bridgehead atoms. The summed E-state index contributed by atoms with van der Waals surface area (Å²) in [6.07, 6.45) is 3.61. The number of nitrogens with zero attached hydrogens (tertiary/aromatic N) is 4. The second-order valence-electron chi connectivity index (χ2n) is 5.14. The lowest BCUT2D eigenvalue weighted by Gasteiger charge is -2.14. The van der Waals surface area contributed by atoms with E-state index < -0.39 is 0 Å². The van der Waals surface area contributed by atoms with Crippen LogP contribution in [0.3, 0.4) is 0 Å². The van der Waals surface area contributed by atoms with Crippen molar-refractivity contribution in [3.63, 3.8) is 0 Å². The fraction of sp³-hybridized carbons (Fsp3) is 0.429. The molecule has 1 atom stereocenters. The maximum Gasteiger partial charge on any atom is 0.273 e. The molecule has 0 aliphatic heterocycles. The van der Waals surface area contributed by atoms with Crippen LogP contribution in [0, 0.1) is 13.8 Å². The number of nitrogen functional groups attached to an aromatic ring is 1. The molecule has 0 aliphatic carbocycles. The number of anilines is 1. The second kappa shape index (κ2) is 5.90. The quantitative estimate of drug-likeness (QED) is 0.865. The Balaban J connectivity index is 2.07. The summed E-state index contributed by atoms with van der Waals surface area (Å²) in [5.41, 5.74) is 9.05. The number of aromatic nitrogens is 4. The van der Waals surface area contributed by atoms with E-state index in [2.05, 4.69) is 20.4 Å². The Bertz CT molecular complexity index is 663. The van der Waals surface area contributed by atoms with Gasteiger partial charge < -0.3 is 11.1 Å². The summed E-state index contributed by atoms with van der Waals surface area (Å²) >= 11 is 0. The van der Waals surface area contributed by atoms with Gasteiger partial charge in [0.15, 0.2) is 11.5 Å². The SMILES string of the molecule is Cc1nn(C)c(C)c1CC(C)NC(=O)c1nccnc1N. The zero-order chi connectivity index (χ0) is 15.6. The lowest BCUT2D eigenvalue weighted by atomic mass is 10.1. The summed E-state index contributed by atoms with van der Waals surface area (Å²) in [6.45, 7) is 5.93. The number of hydrogen-bond acceptors (Lipinski definition) is 5. The van der Waals surface area contributed by atoms with Gasteiger partial charge in [-0.2, -0.15) is 5.10 Å². The first kappa shape index (κ1) is 15.0. The molecule has 0 spiro atoms. The van der Waals surface area contributed by atoms with Gasteiger partial charge in [0.05, 0.1) is 5.69 Å². The van der Waals surface area contributed by atoms with E-state index in [1.807, 2.05) is 32.5 Å². The van der Waals surface area contributed by atoms with Crippen molar-refractivity contribution in [1.82, 2.24) is 25.1 Å². The Morgan fingerprint density at radius 3 is 2.62 bits per heavy atom. The minimum Gasteiger partial charge on any atom is -0.382 e. The predicted octanol–water partition coefficient (Wildman–Crippen LogP) is 0.770. The number of hydrogen-bond donors (Lipinski definition) is 2. The first-order valence-corrected chi connectivity index (χ1v) is 6.76. The smallest absolute Gasteiger partial charge is 0.273 e. The van der Waals surface area contributed by atoms with Crippen molar-refractivity contribution in [3.05, 3.63) is 35.0 Å². The van der Waals surface area contributed by atoms with E-state index in [0.29, 0.717) is 6.42 Å². The van der Waals surface area contributed by atoms with Crippen LogP contribution >= 0.6 is 0 Å². The van der Waals surface area contributed by atoms with E-state index in [1.54, 1.807) is 0 Å². The van der Waals surface area contributed by atoms with Crippen LogP contribution in [-0.2, 0) is 13.5 Å². The first-order valence-electron chi connectivity index (χ1n) is 6.76. The highest BCUT2D eigenvalue weighted by Gasteiger charge is 2.17. The lowest BCUT2D eigenvalue weighted by molar-refractivity contribution is 0.0935. The summed E-state index contributed by atoms with van der Waals surface area (Å²) < 4.78 is 1.85. The van der Waals surface area contributed by atoms with Crippen molar-refractivity contribution in [2.75, 3.05) is 5.73 Å².